The molecule has 0 rings (SSSR count). The van der Waals surface area contributed by atoms with Gasteiger partial charge in [-0.1, -0.05) is 19.1 Å². The molecule has 0 aliphatic heterocycles. The molecule has 4 nitrogen and oxygen atoms in total. The number of carbonyl (C=O) groups excluding carboxylic acids is 1. The largest absolute Gasteiger partial charge is 0.478 e. The van der Waals surface area contributed by atoms with Gasteiger partial charge in [-0.3, -0.25) is 0 Å². The zero-order chi connectivity index (χ0) is 13.0. The Kier molecular flexibility index (Phi) is 12.1. The molecule has 0 aromatic carbocycles. The molecule has 16 heavy (non-hydrogen) atoms. The molecule has 0 saturated carbocycles. The second-order valence-electron chi connectivity index (χ2n) is 2.72. The summed E-state index contributed by atoms with van der Waals surface area (Å²) in [6.45, 7) is 7.55. The molecule has 0 aliphatic carbocycles. The topological polar surface area (TPSA) is 63.6 Å². The first-order chi connectivity index (χ1) is 7.53. The fourth-order valence-electron chi connectivity index (χ4n) is 0.805. The summed E-state index contributed by atoms with van der Waals surface area (Å²) in [7, 11) is 0. The predicted molar refractivity (Wildman–Crippen MR) is 63.1 cm³/mol. The minimum absolute atomic E-state index is 0.269. The third kappa shape index (κ3) is 10.5. The number of ether oxygens (including phenoxy) is 1. The molecule has 0 unspecified atom stereocenters. The second kappa shape index (κ2) is 11.5. The quantitative estimate of drug-likeness (QED) is 0.593. The first-order valence-electron chi connectivity index (χ1n) is 5.21. The van der Waals surface area contributed by atoms with Gasteiger partial charge in [0.15, 0.2) is 0 Å². The van der Waals surface area contributed by atoms with Crippen molar-refractivity contribution in [1.82, 2.24) is 0 Å². The van der Waals surface area contributed by atoms with Crippen LogP contribution in [-0.4, -0.2) is 23.7 Å². The van der Waals surface area contributed by atoms with E-state index in [9.17, 15) is 9.59 Å². The smallest absolute Gasteiger partial charge is 0.331 e. The number of aliphatic carboxylic acids is 1. The molecule has 0 aromatic heterocycles. The second-order valence-corrected chi connectivity index (χ2v) is 2.72. The van der Waals surface area contributed by atoms with Gasteiger partial charge >= 0.3 is 11.9 Å². The molecule has 0 aromatic rings. The average Bonchev–Trinajstić information content (AvgIpc) is 2.20. The summed E-state index contributed by atoms with van der Waals surface area (Å²) in [5, 5.41) is 8.30. The zero-order valence-corrected chi connectivity index (χ0v) is 10.3. The first-order valence-corrected chi connectivity index (χ1v) is 5.21. The molecule has 0 spiro atoms. The molecule has 0 fully saturated rings. The zero-order valence-electron chi connectivity index (χ0n) is 10.3. The average molecular weight is 228 g/mol. The number of allylic oxidation sites excluding steroid dienone is 2. The van der Waals surface area contributed by atoms with Crippen LogP contribution in [0.15, 0.2) is 23.8 Å². The van der Waals surface area contributed by atoms with Crippen LogP contribution in [0.5, 0.6) is 0 Å². The summed E-state index contributed by atoms with van der Waals surface area (Å²) in [5.74, 6) is -1.08. The molecule has 0 heterocycles. The van der Waals surface area contributed by atoms with Gasteiger partial charge in [0.2, 0.25) is 0 Å². The summed E-state index contributed by atoms with van der Waals surface area (Å²) in [6.07, 6.45) is 5.26. The van der Waals surface area contributed by atoms with E-state index in [1.165, 1.54) is 6.08 Å². The first kappa shape index (κ1) is 16.8. The molecular weight excluding hydrogens is 208 g/mol. The number of carbonyl (C=O) groups is 2. The number of rotatable bonds is 4. The molecule has 0 bridgehead atoms. The molecule has 0 amide bonds. The third-order valence-electron chi connectivity index (χ3n) is 1.59. The lowest BCUT2D eigenvalue weighted by Gasteiger charge is -1.91. The molecule has 4 heteroatoms. The molecule has 1 N–H and O–H groups in total. The number of hydrogen-bond donors (Lipinski definition) is 1. The Morgan fingerprint density at radius 1 is 1.25 bits per heavy atom. The van der Waals surface area contributed by atoms with Gasteiger partial charge in [0.1, 0.15) is 0 Å². The SMILES string of the molecule is C/C=C(\CC)C(=O)O.CC=CC(=O)OCC. The van der Waals surface area contributed by atoms with Crippen LogP contribution in [0.3, 0.4) is 0 Å². The van der Waals surface area contributed by atoms with Crippen LogP contribution in [0.1, 0.15) is 34.1 Å². The Morgan fingerprint density at radius 3 is 2.00 bits per heavy atom. The van der Waals surface area contributed by atoms with E-state index in [0.29, 0.717) is 18.6 Å². The molecule has 0 radical (unpaired) electrons. The van der Waals surface area contributed by atoms with Gasteiger partial charge in [0, 0.05) is 11.6 Å². The van der Waals surface area contributed by atoms with E-state index in [1.54, 1.807) is 32.9 Å². The van der Waals surface area contributed by atoms with Crippen LogP contribution in [0.25, 0.3) is 0 Å². The highest BCUT2D eigenvalue weighted by Gasteiger charge is 1.99. The fraction of sp³-hybridized carbons (Fsp3) is 0.500. The van der Waals surface area contributed by atoms with Gasteiger partial charge in [-0.05, 0) is 27.2 Å². The van der Waals surface area contributed by atoms with Gasteiger partial charge in [-0.15, -0.1) is 0 Å². The van der Waals surface area contributed by atoms with Crippen LogP contribution in [0.2, 0.25) is 0 Å². The van der Waals surface area contributed by atoms with Crippen LogP contribution in [0, 0.1) is 0 Å². The van der Waals surface area contributed by atoms with Crippen LogP contribution in [-0.2, 0) is 14.3 Å². The molecule has 0 aliphatic rings. The maximum absolute atomic E-state index is 10.3. The van der Waals surface area contributed by atoms with E-state index < -0.39 is 5.97 Å². The monoisotopic (exact) mass is 228 g/mol. The van der Waals surface area contributed by atoms with Crippen molar-refractivity contribution in [3.63, 3.8) is 0 Å². The highest BCUT2D eigenvalue weighted by atomic mass is 16.5. The lowest BCUT2D eigenvalue weighted by Crippen LogP contribution is -1.98. The number of hydrogen-bond acceptors (Lipinski definition) is 3. The van der Waals surface area contributed by atoms with Crippen molar-refractivity contribution in [1.29, 1.82) is 0 Å². The van der Waals surface area contributed by atoms with Gasteiger partial charge in [0.25, 0.3) is 0 Å². The molecular formula is C12H20O4. The van der Waals surface area contributed by atoms with Gasteiger partial charge < -0.3 is 9.84 Å². The van der Waals surface area contributed by atoms with Crippen LogP contribution >= 0.6 is 0 Å². The summed E-state index contributed by atoms with van der Waals surface area (Å²) in [5.41, 5.74) is 0.477. The summed E-state index contributed by atoms with van der Waals surface area (Å²) < 4.78 is 4.56. The van der Waals surface area contributed by atoms with Crippen LogP contribution in [0.4, 0.5) is 0 Å². The maximum Gasteiger partial charge on any atom is 0.331 e. The van der Waals surface area contributed by atoms with E-state index in [4.69, 9.17) is 5.11 Å². The minimum atomic E-state index is -0.810. The minimum Gasteiger partial charge on any atom is -0.478 e. The van der Waals surface area contributed by atoms with E-state index in [2.05, 4.69) is 4.74 Å². The molecule has 0 atom stereocenters. The summed E-state index contributed by atoms with van der Waals surface area (Å²) >= 11 is 0. The Morgan fingerprint density at radius 2 is 1.81 bits per heavy atom. The van der Waals surface area contributed by atoms with Crippen molar-refractivity contribution >= 4 is 11.9 Å². The van der Waals surface area contributed by atoms with E-state index >= 15 is 0 Å². The lowest BCUT2D eigenvalue weighted by atomic mass is 10.2. The Bertz CT molecular complexity index is 262. The van der Waals surface area contributed by atoms with E-state index in [0.717, 1.165) is 0 Å². The van der Waals surface area contributed by atoms with Crippen molar-refractivity contribution in [2.24, 2.45) is 0 Å². The van der Waals surface area contributed by atoms with Crippen molar-refractivity contribution in [3.05, 3.63) is 23.8 Å². The summed E-state index contributed by atoms with van der Waals surface area (Å²) in [4.78, 5) is 20.4. The van der Waals surface area contributed by atoms with Crippen molar-refractivity contribution in [2.45, 2.75) is 34.1 Å². The number of carboxylic acids is 1. The normalized spacial score (nSPS) is 10.6. The fourth-order valence-corrected chi connectivity index (χ4v) is 0.805. The Labute approximate surface area is 96.6 Å². The van der Waals surface area contributed by atoms with Gasteiger partial charge in [0.05, 0.1) is 6.61 Å². The Hall–Kier alpha value is -1.58. The van der Waals surface area contributed by atoms with Gasteiger partial charge in [-0.2, -0.15) is 0 Å². The van der Waals surface area contributed by atoms with E-state index in [1.807, 2.05) is 6.92 Å². The number of esters is 1. The highest BCUT2D eigenvalue weighted by molar-refractivity contribution is 5.86. The van der Waals surface area contributed by atoms with Crippen LogP contribution < -0.4 is 0 Å². The Balaban J connectivity index is 0. The van der Waals surface area contributed by atoms with Crippen molar-refractivity contribution in [3.8, 4) is 0 Å². The highest BCUT2D eigenvalue weighted by Crippen LogP contribution is 1.97. The standard InChI is InChI=1S/2C6H10O2/c1-3-5-6(7)8-4-2;1-3-5(4-2)6(7)8/h3,5H,4H2,1-2H3;3H,4H2,1-2H3,(H,7,8)/b;5-3+. The molecule has 0 saturated heterocycles. The lowest BCUT2D eigenvalue weighted by molar-refractivity contribution is -0.137. The maximum atomic E-state index is 10.3. The molecule has 92 valence electrons. The van der Waals surface area contributed by atoms with E-state index in [-0.39, 0.29) is 5.97 Å². The predicted octanol–water partition coefficient (Wildman–Crippen LogP) is 2.55. The van der Waals surface area contributed by atoms with Gasteiger partial charge in [-0.25, -0.2) is 9.59 Å². The van der Waals surface area contributed by atoms with Crippen molar-refractivity contribution < 1.29 is 19.4 Å². The van der Waals surface area contributed by atoms with Crippen molar-refractivity contribution in [2.75, 3.05) is 6.61 Å². The summed E-state index contributed by atoms with van der Waals surface area (Å²) in [6, 6.07) is 0. The third-order valence-corrected chi connectivity index (χ3v) is 1.59. The number of carboxylic acid groups (broad SMARTS) is 1.